The van der Waals surface area contributed by atoms with Crippen molar-refractivity contribution in [3.63, 3.8) is 0 Å². The van der Waals surface area contributed by atoms with Crippen LogP contribution in [-0.2, 0) is 9.59 Å². The van der Waals surface area contributed by atoms with Gasteiger partial charge in [0.1, 0.15) is 12.1 Å². The lowest BCUT2D eigenvalue weighted by Crippen LogP contribution is -2.54. The van der Waals surface area contributed by atoms with E-state index in [0.29, 0.717) is 35.2 Å². The number of imide groups is 1. The highest BCUT2D eigenvalue weighted by atomic mass is 32.2. The van der Waals surface area contributed by atoms with E-state index < -0.39 is 29.8 Å². The van der Waals surface area contributed by atoms with E-state index in [4.69, 9.17) is 0 Å². The molecule has 1 saturated heterocycles. The van der Waals surface area contributed by atoms with Crippen molar-refractivity contribution in [2.45, 2.75) is 56.2 Å². The van der Waals surface area contributed by atoms with E-state index in [0.717, 1.165) is 11.3 Å². The highest BCUT2D eigenvalue weighted by Crippen LogP contribution is 2.46. The molecule has 1 saturated carbocycles. The maximum absolute atomic E-state index is 13.1. The second kappa shape index (κ2) is 7.93. The van der Waals surface area contributed by atoms with Gasteiger partial charge in [-0.05, 0) is 54.9 Å². The summed E-state index contributed by atoms with van der Waals surface area (Å²) in [6, 6.07) is 5.39. The van der Waals surface area contributed by atoms with Gasteiger partial charge in [0.2, 0.25) is 5.91 Å². The van der Waals surface area contributed by atoms with Gasteiger partial charge in [-0.25, -0.2) is 4.79 Å². The second-order valence-electron chi connectivity index (χ2n) is 8.71. The number of carbonyl (C=O) groups excluding carboxylic acids is 3. The van der Waals surface area contributed by atoms with Gasteiger partial charge in [0.05, 0.1) is 0 Å². The predicted octanol–water partition coefficient (Wildman–Crippen LogP) is 4.08. The van der Waals surface area contributed by atoms with Crippen LogP contribution in [-0.4, -0.2) is 40.6 Å². The molecule has 1 aromatic rings. The maximum Gasteiger partial charge on any atom is 0.325 e. The lowest BCUT2D eigenvalue weighted by Gasteiger charge is -2.43. The molecule has 2 N–H and O–H groups in total. The molecule has 29 heavy (non-hydrogen) atoms. The zero-order valence-electron chi connectivity index (χ0n) is 16.6. The number of thioether (sulfide) groups is 1. The number of amides is 4. The van der Waals surface area contributed by atoms with Gasteiger partial charge in [-0.15, -0.1) is 0 Å². The monoisotopic (exact) mass is 425 g/mol. The fourth-order valence-corrected chi connectivity index (χ4v) is 5.21. The van der Waals surface area contributed by atoms with Crippen LogP contribution in [0.5, 0.6) is 0 Å². The van der Waals surface area contributed by atoms with Gasteiger partial charge in [-0.1, -0.05) is 32.5 Å². The molecule has 1 spiro atoms. The Hall–Kier alpha value is -2.16. The number of anilines is 1. The first-order valence-corrected chi connectivity index (χ1v) is 10.4. The number of hydrogen-bond acceptors (Lipinski definition) is 4. The molecule has 4 amide bonds. The van der Waals surface area contributed by atoms with Gasteiger partial charge in [-0.2, -0.15) is 8.78 Å². The van der Waals surface area contributed by atoms with Crippen LogP contribution < -0.4 is 10.6 Å². The number of benzene rings is 1. The summed E-state index contributed by atoms with van der Waals surface area (Å²) in [6.07, 6.45) is 2.07. The zero-order valence-corrected chi connectivity index (χ0v) is 17.4. The summed E-state index contributed by atoms with van der Waals surface area (Å²) in [4.78, 5) is 39.2. The van der Waals surface area contributed by atoms with Gasteiger partial charge in [-0.3, -0.25) is 14.5 Å². The van der Waals surface area contributed by atoms with Crippen molar-refractivity contribution in [3.05, 3.63) is 24.3 Å². The highest BCUT2D eigenvalue weighted by Gasteiger charge is 2.56. The number of nitrogens with zero attached hydrogens (tertiary/aromatic N) is 1. The van der Waals surface area contributed by atoms with Crippen molar-refractivity contribution < 1.29 is 23.2 Å². The number of nitrogens with one attached hydrogen (secondary N) is 2. The van der Waals surface area contributed by atoms with Crippen molar-refractivity contribution in [1.82, 2.24) is 10.2 Å². The van der Waals surface area contributed by atoms with Gasteiger partial charge >= 0.3 is 6.03 Å². The molecule has 1 aliphatic carbocycles. The van der Waals surface area contributed by atoms with Gasteiger partial charge in [0.15, 0.2) is 0 Å². The molecule has 0 radical (unpaired) electrons. The van der Waals surface area contributed by atoms with Crippen LogP contribution in [0.3, 0.4) is 0 Å². The highest BCUT2D eigenvalue weighted by molar-refractivity contribution is 7.99. The zero-order chi connectivity index (χ0) is 21.4. The SMILES string of the molecule is CC1CC(C)(C)CC2(C1)NC(=O)N(CC(=O)Nc1ccc(SC(F)F)cc1)C2=O. The average Bonchev–Trinajstić information content (AvgIpc) is 2.78. The summed E-state index contributed by atoms with van der Waals surface area (Å²) in [5.41, 5.74) is -0.633. The molecule has 2 fully saturated rings. The normalized spacial score (nSPS) is 26.1. The number of rotatable bonds is 5. The summed E-state index contributed by atoms with van der Waals surface area (Å²) in [5.74, 6) is -3.12. The smallest absolute Gasteiger partial charge is 0.325 e. The van der Waals surface area contributed by atoms with Crippen molar-refractivity contribution >= 4 is 35.3 Å². The number of carbonyl (C=O) groups is 3. The minimum atomic E-state index is -2.52. The number of urea groups is 1. The third-order valence-electron chi connectivity index (χ3n) is 5.29. The van der Waals surface area contributed by atoms with Crippen molar-refractivity contribution in [1.29, 1.82) is 0 Å². The molecule has 0 aromatic heterocycles. The lowest BCUT2D eigenvalue weighted by molar-refractivity contribution is -0.136. The minimum absolute atomic E-state index is 0.0864. The molecule has 0 bridgehead atoms. The third kappa shape index (κ3) is 4.88. The number of halogens is 2. The Labute approximate surface area is 172 Å². The van der Waals surface area contributed by atoms with Crippen LogP contribution in [0.2, 0.25) is 0 Å². The molecular formula is C20H25F2N3O3S. The fraction of sp³-hybridized carbons (Fsp3) is 0.550. The summed E-state index contributed by atoms with van der Waals surface area (Å²) in [5, 5.41) is 5.43. The van der Waals surface area contributed by atoms with E-state index in [-0.39, 0.29) is 17.2 Å². The minimum Gasteiger partial charge on any atom is -0.325 e. The van der Waals surface area contributed by atoms with E-state index in [2.05, 4.69) is 31.4 Å². The predicted molar refractivity (Wildman–Crippen MR) is 107 cm³/mol. The van der Waals surface area contributed by atoms with Crippen molar-refractivity contribution in [3.8, 4) is 0 Å². The lowest BCUT2D eigenvalue weighted by atomic mass is 9.64. The van der Waals surface area contributed by atoms with E-state index in [1.165, 1.54) is 24.3 Å². The summed E-state index contributed by atoms with van der Waals surface area (Å²) in [7, 11) is 0. The van der Waals surface area contributed by atoms with Crippen molar-refractivity contribution in [2.75, 3.05) is 11.9 Å². The van der Waals surface area contributed by atoms with E-state index in [9.17, 15) is 23.2 Å². The molecule has 1 aromatic carbocycles. The Morgan fingerprint density at radius 3 is 2.52 bits per heavy atom. The Kier molecular flexibility index (Phi) is 5.89. The third-order valence-corrected chi connectivity index (χ3v) is 6.01. The first-order valence-electron chi connectivity index (χ1n) is 9.49. The first kappa shape index (κ1) is 21.5. The quantitative estimate of drug-likeness (QED) is 0.551. The van der Waals surface area contributed by atoms with Gasteiger partial charge in [0.25, 0.3) is 11.7 Å². The Bertz CT molecular complexity index is 816. The average molecular weight is 426 g/mol. The molecular weight excluding hydrogens is 400 g/mol. The summed E-state index contributed by atoms with van der Waals surface area (Å²) in [6.45, 7) is 5.83. The Balaban J connectivity index is 1.65. The Morgan fingerprint density at radius 1 is 1.28 bits per heavy atom. The van der Waals surface area contributed by atoms with E-state index in [1.54, 1.807) is 0 Å². The molecule has 6 nitrogen and oxygen atoms in total. The van der Waals surface area contributed by atoms with Crippen LogP contribution in [0, 0.1) is 11.3 Å². The van der Waals surface area contributed by atoms with Crippen molar-refractivity contribution in [2.24, 2.45) is 11.3 Å². The van der Waals surface area contributed by atoms with E-state index in [1.807, 2.05) is 0 Å². The molecule has 2 atom stereocenters. The summed E-state index contributed by atoms with van der Waals surface area (Å²) < 4.78 is 24.7. The Morgan fingerprint density at radius 2 is 1.93 bits per heavy atom. The van der Waals surface area contributed by atoms with E-state index >= 15 is 0 Å². The molecule has 9 heteroatoms. The second-order valence-corrected chi connectivity index (χ2v) is 9.77. The molecule has 3 rings (SSSR count). The van der Waals surface area contributed by atoms with Crippen LogP contribution >= 0.6 is 11.8 Å². The van der Waals surface area contributed by atoms with Crippen LogP contribution in [0.15, 0.2) is 29.2 Å². The molecule has 158 valence electrons. The number of alkyl halides is 2. The largest absolute Gasteiger partial charge is 0.325 e. The van der Waals surface area contributed by atoms with Crippen LogP contribution in [0.4, 0.5) is 19.3 Å². The van der Waals surface area contributed by atoms with Gasteiger partial charge < -0.3 is 10.6 Å². The van der Waals surface area contributed by atoms with Crippen LogP contribution in [0.1, 0.15) is 40.0 Å². The molecule has 2 unspecified atom stereocenters. The maximum atomic E-state index is 13.1. The summed E-state index contributed by atoms with van der Waals surface area (Å²) >= 11 is 0.413. The molecule has 1 heterocycles. The molecule has 2 aliphatic rings. The fourth-order valence-electron chi connectivity index (χ4n) is 4.71. The topological polar surface area (TPSA) is 78.5 Å². The molecule has 1 aliphatic heterocycles. The first-order chi connectivity index (χ1) is 13.5. The standard InChI is InChI=1S/C20H25F2N3O3S/c1-12-8-19(2,3)11-20(9-12)16(27)25(18(28)24-20)10-15(26)23-13-4-6-14(7-5-13)29-17(21)22/h4-7,12,17H,8-11H2,1-3H3,(H,23,26)(H,24,28). The van der Waals surface area contributed by atoms with Crippen LogP contribution in [0.25, 0.3) is 0 Å². The van der Waals surface area contributed by atoms with Gasteiger partial charge in [0, 0.05) is 10.6 Å². The number of hydrogen-bond donors (Lipinski definition) is 2.